The summed E-state index contributed by atoms with van der Waals surface area (Å²) in [6.45, 7) is 0. The molecule has 20 heavy (non-hydrogen) atoms. The Kier molecular flexibility index (Phi) is 4.05. The topological polar surface area (TPSA) is 51.6 Å². The van der Waals surface area contributed by atoms with Gasteiger partial charge in [-0.05, 0) is 46.3 Å². The third-order valence-electron chi connectivity index (χ3n) is 2.58. The number of hydrogen-bond acceptors (Lipinski definition) is 6. The summed E-state index contributed by atoms with van der Waals surface area (Å²) in [5, 5.41) is 11.8. The van der Waals surface area contributed by atoms with Gasteiger partial charge in [0, 0.05) is 10.8 Å². The van der Waals surface area contributed by atoms with Crippen LogP contribution in [0.1, 0.15) is 22.5 Å². The van der Waals surface area contributed by atoms with E-state index in [-0.39, 0.29) is 0 Å². The summed E-state index contributed by atoms with van der Waals surface area (Å²) in [7, 11) is 0. The van der Waals surface area contributed by atoms with Crippen molar-refractivity contribution in [3.05, 3.63) is 57.5 Å². The van der Waals surface area contributed by atoms with Crippen molar-refractivity contribution in [1.82, 2.24) is 19.2 Å². The highest BCUT2D eigenvalue weighted by atomic mass is 32.1. The van der Waals surface area contributed by atoms with Gasteiger partial charge in [-0.25, -0.2) is 0 Å². The fourth-order valence-corrected chi connectivity index (χ4v) is 2.41. The Hall–Kier alpha value is -2.18. The monoisotopic (exact) mass is 298 g/mol. The first-order valence-electron chi connectivity index (χ1n) is 5.90. The molecule has 3 rings (SSSR count). The Morgan fingerprint density at radius 2 is 1.10 bits per heavy atom. The van der Waals surface area contributed by atoms with Crippen LogP contribution in [-0.4, -0.2) is 19.2 Å². The first-order valence-corrected chi connectivity index (χ1v) is 7.58. The minimum atomic E-state index is 0.884. The van der Waals surface area contributed by atoms with Crippen LogP contribution in [0.25, 0.3) is 24.3 Å². The van der Waals surface area contributed by atoms with Crippen molar-refractivity contribution in [3.8, 4) is 0 Å². The Morgan fingerprint density at radius 3 is 1.45 bits per heavy atom. The van der Waals surface area contributed by atoms with E-state index in [1.54, 1.807) is 0 Å². The molecule has 0 radical (unpaired) electrons. The van der Waals surface area contributed by atoms with Gasteiger partial charge in [-0.2, -0.15) is 0 Å². The highest BCUT2D eigenvalue weighted by molar-refractivity contribution is 7.03. The number of rotatable bonds is 4. The van der Waals surface area contributed by atoms with Crippen molar-refractivity contribution in [2.45, 2.75) is 0 Å². The number of nitrogens with zero attached hydrogens (tertiary/aromatic N) is 4. The molecule has 0 unspecified atom stereocenters. The summed E-state index contributed by atoms with van der Waals surface area (Å²) in [5.41, 5.74) is 4.03. The highest BCUT2D eigenvalue weighted by Gasteiger charge is 1.92. The van der Waals surface area contributed by atoms with E-state index in [9.17, 15) is 0 Å². The molecule has 0 spiro atoms. The van der Waals surface area contributed by atoms with E-state index < -0.39 is 0 Å². The molecular formula is C14H10N4S2. The van der Waals surface area contributed by atoms with E-state index in [0.717, 1.165) is 22.5 Å². The predicted octanol–water partition coefficient (Wildman–Crippen LogP) is 3.73. The van der Waals surface area contributed by atoms with Gasteiger partial charge in [0.1, 0.15) is 0 Å². The van der Waals surface area contributed by atoms with Gasteiger partial charge in [-0.3, -0.25) is 0 Å². The van der Waals surface area contributed by atoms with Gasteiger partial charge < -0.3 is 0 Å². The lowest BCUT2D eigenvalue weighted by molar-refractivity contribution is 1.14. The molecule has 0 saturated carbocycles. The zero-order chi connectivity index (χ0) is 13.6. The zero-order valence-electron chi connectivity index (χ0n) is 10.4. The maximum atomic E-state index is 3.97. The maximum Gasteiger partial charge on any atom is 0.0982 e. The fourth-order valence-electron chi connectivity index (χ4n) is 1.57. The summed E-state index contributed by atoms with van der Waals surface area (Å²) >= 11 is 2.70. The van der Waals surface area contributed by atoms with E-state index >= 15 is 0 Å². The Labute approximate surface area is 124 Å². The average molecular weight is 298 g/mol. The van der Waals surface area contributed by atoms with Gasteiger partial charge in [-0.1, -0.05) is 45.4 Å². The summed E-state index contributed by atoms with van der Waals surface area (Å²) in [6.07, 6.45) is 7.95. The van der Waals surface area contributed by atoms with E-state index in [1.807, 2.05) is 35.1 Å². The summed E-state index contributed by atoms with van der Waals surface area (Å²) < 4.78 is 7.64. The molecule has 0 fully saturated rings. The molecule has 0 atom stereocenters. The van der Waals surface area contributed by atoms with E-state index in [2.05, 4.69) is 43.4 Å². The zero-order valence-corrected chi connectivity index (χ0v) is 12.0. The predicted molar refractivity (Wildman–Crippen MR) is 84.1 cm³/mol. The smallest absolute Gasteiger partial charge is 0.0982 e. The van der Waals surface area contributed by atoms with E-state index in [0.29, 0.717) is 0 Å². The molecule has 1 aromatic carbocycles. The van der Waals surface area contributed by atoms with Crippen molar-refractivity contribution < 1.29 is 0 Å². The van der Waals surface area contributed by atoms with Gasteiger partial charge in [0.05, 0.1) is 11.4 Å². The Balaban J connectivity index is 1.68. The molecular weight excluding hydrogens is 288 g/mol. The first kappa shape index (κ1) is 12.8. The molecule has 3 aromatic rings. The summed E-state index contributed by atoms with van der Waals surface area (Å²) in [4.78, 5) is 0. The second-order valence-electron chi connectivity index (χ2n) is 3.99. The molecule has 0 N–H and O–H groups in total. The number of hydrogen-bond donors (Lipinski definition) is 0. The molecule has 4 nitrogen and oxygen atoms in total. The molecule has 2 aromatic heterocycles. The lowest BCUT2D eigenvalue weighted by Gasteiger charge is -1.95. The van der Waals surface area contributed by atoms with Gasteiger partial charge >= 0.3 is 0 Å². The normalized spacial score (nSPS) is 11.6. The minimum Gasteiger partial charge on any atom is -0.139 e. The Bertz CT molecular complexity index is 635. The number of benzene rings is 1. The molecule has 0 aliphatic heterocycles. The minimum absolute atomic E-state index is 0.884. The van der Waals surface area contributed by atoms with E-state index in [1.165, 1.54) is 23.1 Å². The highest BCUT2D eigenvalue weighted by Crippen LogP contribution is 2.11. The Morgan fingerprint density at radius 1 is 0.650 bits per heavy atom. The summed E-state index contributed by atoms with van der Waals surface area (Å²) in [5.74, 6) is 0. The fraction of sp³-hybridized carbons (Fsp3) is 0. The van der Waals surface area contributed by atoms with Crippen LogP contribution in [-0.2, 0) is 0 Å². The third kappa shape index (κ3) is 3.43. The van der Waals surface area contributed by atoms with Crippen LogP contribution in [0.5, 0.6) is 0 Å². The molecule has 98 valence electrons. The van der Waals surface area contributed by atoms with Gasteiger partial charge in [0.2, 0.25) is 0 Å². The molecule has 0 bridgehead atoms. The SMILES string of the molecule is C(=Cc1csnn1)c1ccc(C=Cc2csnn2)cc1. The molecule has 0 saturated heterocycles. The summed E-state index contributed by atoms with van der Waals surface area (Å²) in [6, 6.07) is 8.26. The van der Waals surface area contributed by atoms with Crippen LogP contribution in [0.2, 0.25) is 0 Å². The van der Waals surface area contributed by atoms with Crippen molar-refractivity contribution in [2.24, 2.45) is 0 Å². The van der Waals surface area contributed by atoms with Crippen molar-refractivity contribution in [1.29, 1.82) is 0 Å². The second-order valence-corrected chi connectivity index (χ2v) is 5.21. The maximum absolute atomic E-state index is 3.97. The van der Waals surface area contributed by atoms with Crippen LogP contribution >= 0.6 is 23.1 Å². The first-order chi connectivity index (χ1) is 9.90. The van der Waals surface area contributed by atoms with Crippen LogP contribution < -0.4 is 0 Å². The van der Waals surface area contributed by atoms with Gasteiger partial charge in [0.15, 0.2) is 0 Å². The van der Waals surface area contributed by atoms with Gasteiger partial charge in [-0.15, -0.1) is 10.2 Å². The van der Waals surface area contributed by atoms with Crippen LogP contribution in [0.4, 0.5) is 0 Å². The van der Waals surface area contributed by atoms with Gasteiger partial charge in [0.25, 0.3) is 0 Å². The van der Waals surface area contributed by atoms with Crippen LogP contribution in [0.3, 0.4) is 0 Å². The number of aromatic nitrogens is 4. The van der Waals surface area contributed by atoms with Crippen LogP contribution in [0.15, 0.2) is 35.0 Å². The van der Waals surface area contributed by atoms with Crippen molar-refractivity contribution in [3.63, 3.8) is 0 Å². The van der Waals surface area contributed by atoms with Crippen LogP contribution in [0, 0.1) is 0 Å². The lowest BCUT2D eigenvalue weighted by Crippen LogP contribution is -1.76. The lowest BCUT2D eigenvalue weighted by atomic mass is 10.1. The molecule has 0 aliphatic carbocycles. The average Bonchev–Trinajstić information content (AvgIpc) is 3.17. The standard InChI is InChI=1S/C14H10N4S2/c1-2-12(6-8-14-10-20-18-16-14)4-3-11(1)5-7-13-9-19-17-15-13/h1-10H. The van der Waals surface area contributed by atoms with E-state index in [4.69, 9.17) is 0 Å². The molecule has 0 amide bonds. The van der Waals surface area contributed by atoms with Crippen molar-refractivity contribution >= 4 is 47.4 Å². The van der Waals surface area contributed by atoms with Crippen molar-refractivity contribution in [2.75, 3.05) is 0 Å². The molecule has 6 heteroatoms. The third-order valence-corrected chi connectivity index (χ3v) is 3.63. The quantitative estimate of drug-likeness (QED) is 0.736. The molecule has 0 aliphatic rings. The largest absolute Gasteiger partial charge is 0.139 e. The molecule has 2 heterocycles. The second kappa shape index (κ2) is 6.31.